The van der Waals surface area contributed by atoms with Crippen molar-refractivity contribution in [3.8, 4) is 0 Å². The Balaban J connectivity index is 2.04. The van der Waals surface area contributed by atoms with Crippen LogP contribution in [0.4, 0.5) is 0 Å². The van der Waals surface area contributed by atoms with E-state index >= 15 is 0 Å². The van der Waals surface area contributed by atoms with Crippen LogP contribution in [0.1, 0.15) is 25.0 Å². The molecule has 3 nitrogen and oxygen atoms in total. The molecule has 0 amide bonds. The van der Waals surface area contributed by atoms with E-state index in [4.69, 9.17) is 0 Å². The highest BCUT2D eigenvalue weighted by Crippen LogP contribution is 2.42. The monoisotopic (exact) mass is 180 g/mol. The van der Waals surface area contributed by atoms with Gasteiger partial charge >= 0.3 is 0 Å². The lowest BCUT2D eigenvalue weighted by molar-refractivity contribution is 0.0440. The summed E-state index contributed by atoms with van der Waals surface area (Å²) in [6.07, 6.45) is 6.46. The first kappa shape index (κ1) is 8.75. The van der Waals surface area contributed by atoms with Gasteiger partial charge in [-0.1, -0.05) is 6.42 Å². The van der Waals surface area contributed by atoms with Gasteiger partial charge in [-0.3, -0.25) is 4.68 Å². The first-order valence-electron chi connectivity index (χ1n) is 4.84. The molecular formula is C10H16N2O. The molecule has 72 valence electrons. The average molecular weight is 180 g/mol. The summed E-state index contributed by atoms with van der Waals surface area (Å²) in [5, 5.41) is 13.6. The van der Waals surface area contributed by atoms with E-state index in [1.807, 2.05) is 24.0 Å². The van der Waals surface area contributed by atoms with Crippen molar-refractivity contribution in [2.45, 2.75) is 25.7 Å². The van der Waals surface area contributed by atoms with Crippen molar-refractivity contribution in [3.05, 3.63) is 18.0 Å². The molecule has 3 heteroatoms. The van der Waals surface area contributed by atoms with Crippen LogP contribution < -0.4 is 0 Å². The molecule has 1 aromatic rings. The van der Waals surface area contributed by atoms with E-state index in [9.17, 15) is 5.11 Å². The van der Waals surface area contributed by atoms with Crippen LogP contribution in [0.3, 0.4) is 0 Å². The van der Waals surface area contributed by atoms with E-state index in [2.05, 4.69) is 5.10 Å². The molecule has 13 heavy (non-hydrogen) atoms. The molecule has 1 fully saturated rings. The predicted molar refractivity (Wildman–Crippen MR) is 50.3 cm³/mol. The van der Waals surface area contributed by atoms with Crippen molar-refractivity contribution in [1.29, 1.82) is 0 Å². The molecule has 1 heterocycles. The number of hydrogen-bond donors (Lipinski definition) is 1. The van der Waals surface area contributed by atoms with Crippen molar-refractivity contribution in [2.75, 3.05) is 6.61 Å². The second-order valence-electron chi connectivity index (χ2n) is 4.17. The van der Waals surface area contributed by atoms with Crippen molar-refractivity contribution in [1.82, 2.24) is 9.78 Å². The van der Waals surface area contributed by atoms with Gasteiger partial charge in [0.05, 0.1) is 5.69 Å². The zero-order valence-corrected chi connectivity index (χ0v) is 8.03. The molecule has 1 aromatic heterocycles. The van der Waals surface area contributed by atoms with Gasteiger partial charge in [0.2, 0.25) is 0 Å². The SMILES string of the molecule is Cn1ccc(CC2(CO)CCC2)n1. The van der Waals surface area contributed by atoms with Crippen LogP contribution in [0.2, 0.25) is 0 Å². The largest absolute Gasteiger partial charge is 0.396 e. The first-order valence-corrected chi connectivity index (χ1v) is 4.84. The zero-order chi connectivity index (χ0) is 9.31. The fourth-order valence-corrected chi connectivity index (χ4v) is 2.01. The Morgan fingerprint density at radius 3 is 2.77 bits per heavy atom. The normalized spacial score (nSPS) is 19.8. The summed E-state index contributed by atoms with van der Waals surface area (Å²) in [5.41, 5.74) is 1.27. The van der Waals surface area contributed by atoms with Gasteiger partial charge in [-0.2, -0.15) is 5.10 Å². The summed E-state index contributed by atoms with van der Waals surface area (Å²) in [6, 6.07) is 2.04. The van der Waals surface area contributed by atoms with Gasteiger partial charge in [0, 0.05) is 19.9 Å². The predicted octanol–water partition coefficient (Wildman–Crippen LogP) is 1.13. The highest BCUT2D eigenvalue weighted by atomic mass is 16.3. The molecule has 0 saturated heterocycles. The molecule has 0 atom stereocenters. The smallest absolute Gasteiger partial charge is 0.0630 e. The number of nitrogens with zero attached hydrogens (tertiary/aromatic N) is 2. The minimum absolute atomic E-state index is 0.161. The average Bonchev–Trinajstić information content (AvgIpc) is 2.44. The Bertz CT molecular complexity index is 283. The maximum Gasteiger partial charge on any atom is 0.0630 e. The number of aliphatic hydroxyl groups excluding tert-OH is 1. The molecule has 0 bridgehead atoms. The Morgan fingerprint density at radius 2 is 2.38 bits per heavy atom. The quantitative estimate of drug-likeness (QED) is 0.757. The Morgan fingerprint density at radius 1 is 1.62 bits per heavy atom. The summed E-state index contributed by atoms with van der Waals surface area (Å²) >= 11 is 0. The van der Waals surface area contributed by atoms with Crippen molar-refractivity contribution in [3.63, 3.8) is 0 Å². The molecule has 0 radical (unpaired) electrons. The summed E-state index contributed by atoms with van der Waals surface area (Å²) < 4.78 is 1.82. The molecule has 0 unspecified atom stereocenters. The van der Waals surface area contributed by atoms with Crippen LogP contribution in [-0.2, 0) is 13.5 Å². The number of rotatable bonds is 3. The van der Waals surface area contributed by atoms with Crippen molar-refractivity contribution in [2.24, 2.45) is 12.5 Å². The molecule has 0 aliphatic heterocycles. The van der Waals surface area contributed by atoms with Crippen LogP contribution in [-0.4, -0.2) is 21.5 Å². The topological polar surface area (TPSA) is 38.0 Å². The number of aryl methyl sites for hydroxylation is 1. The Hall–Kier alpha value is -0.830. The zero-order valence-electron chi connectivity index (χ0n) is 8.03. The third-order valence-electron chi connectivity index (χ3n) is 3.07. The van der Waals surface area contributed by atoms with E-state index < -0.39 is 0 Å². The summed E-state index contributed by atoms with van der Waals surface area (Å²) in [4.78, 5) is 0. The van der Waals surface area contributed by atoms with Gasteiger partial charge in [-0.25, -0.2) is 0 Å². The molecule has 0 spiro atoms. The standard InChI is InChI=1S/C10H16N2O/c1-12-6-3-9(11-12)7-10(8-13)4-2-5-10/h3,6,13H,2,4-5,7-8H2,1H3. The van der Waals surface area contributed by atoms with E-state index in [0.29, 0.717) is 6.61 Å². The summed E-state index contributed by atoms with van der Waals surface area (Å²) in [6.45, 7) is 0.309. The van der Waals surface area contributed by atoms with Gasteiger partial charge in [0.15, 0.2) is 0 Å². The fraction of sp³-hybridized carbons (Fsp3) is 0.700. The minimum atomic E-state index is 0.161. The van der Waals surface area contributed by atoms with Crippen molar-refractivity contribution >= 4 is 0 Å². The highest BCUT2D eigenvalue weighted by molar-refractivity contribution is 5.05. The lowest BCUT2D eigenvalue weighted by Crippen LogP contribution is -2.35. The maximum atomic E-state index is 9.27. The van der Waals surface area contributed by atoms with Crippen LogP contribution in [0.5, 0.6) is 0 Å². The highest BCUT2D eigenvalue weighted by Gasteiger charge is 2.36. The van der Waals surface area contributed by atoms with Gasteiger partial charge in [-0.05, 0) is 30.7 Å². The molecule has 0 aromatic carbocycles. The van der Waals surface area contributed by atoms with Crippen molar-refractivity contribution < 1.29 is 5.11 Å². The van der Waals surface area contributed by atoms with Crippen LogP contribution in [0.15, 0.2) is 12.3 Å². The van der Waals surface area contributed by atoms with Crippen LogP contribution in [0, 0.1) is 5.41 Å². The summed E-state index contributed by atoms with van der Waals surface area (Å²) in [5.74, 6) is 0. The third kappa shape index (κ3) is 1.61. The lowest BCUT2D eigenvalue weighted by Gasteiger charge is -2.39. The molecule has 1 N–H and O–H groups in total. The molecule has 1 aliphatic carbocycles. The van der Waals surface area contributed by atoms with E-state index in [1.165, 1.54) is 6.42 Å². The molecule has 1 saturated carbocycles. The second kappa shape index (κ2) is 3.14. The second-order valence-corrected chi connectivity index (χ2v) is 4.17. The lowest BCUT2D eigenvalue weighted by atomic mass is 9.67. The van der Waals surface area contributed by atoms with Gasteiger partial charge in [0.1, 0.15) is 0 Å². The number of hydrogen-bond acceptors (Lipinski definition) is 2. The van der Waals surface area contributed by atoms with Crippen LogP contribution in [0.25, 0.3) is 0 Å². The molecule has 2 rings (SSSR count). The number of aliphatic hydroxyl groups is 1. The van der Waals surface area contributed by atoms with E-state index in [1.54, 1.807) is 0 Å². The molecular weight excluding hydrogens is 164 g/mol. The minimum Gasteiger partial charge on any atom is -0.396 e. The van der Waals surface area contributed by atoms with Crippen LogP contribution >= 0.6 is 0 Å². The third-order valence-corrected chi connectivity index (χ3v) is 3.07. The van der Waals surface area contributed by atoms with Gasteiger partial charge < -0.3 is 5.11 Å². The maximum absolute atomic E-state index is 9.27. The van der Waals surface area contributed by atoms with E-state index in [0.717, 1.165) is 25.0 Å². The molecule has 1 aliphatic rings. The first-order chi connectivity index (χ1) is 6.24. The Kier molecular flexibility index (Phi) is 2.12. The summed E-state index contributed by atoms with van der Waals surface area (Å²) in [7, 11) is 1.93. The van der Waals surface area contributed by atoms with Gasteiger partial charge in [0.25, 0.3) is 0 Å². The Labute approximate surface area is 78.4 Å². The number of aromatic nitrogens is 2. The van der Waals surface area contributed by atoms with E-state index in [-0.39, 0.29) is 5.41 Å². The fourth-order valence-electron chi connectivity index (χ4n) is 2.01. The van der Waals surface area contributed by atoms with Gasteiger partial charge in [-0.15, -0.1) is 0 Å².